The number of rotatable bonds is 0. The monoisotopic (exact) mass is 176 g/mol. The topological polar surface area (TPSA) is 9.23 Å². The molecule has 1 heteroatoms. The fourth-order valence-corrected chi connectivity index (χ4v) is 3.52. The van der Waals surface area contributed by atoms with Crippen molar-refractivity contribution in [1.82, 2.24) is 0 Å². The molecule has 1 nitrogen and oxygen atoms in total. The third-order valence-corrected chi connectivity index (χ3v) is 4.64. The van der Waals surface area contributed by atoms with Gasteiger partial charge in [-0.1, -0.05) is 32.6 Å². The normalized spacial score (nSPS) is 57.4. The zero-order valence-electron chi connectivity index (χ0n) is 8.34. The molecule has 5 atom stereocenters. The second kappa shape index (κ2) is 1.87. The summed E-state index contributed by atoms with van der Waals surface area (Å²) in [5, 5.41) is 0. The molecule has 3 aliphatic rings. The van der Waals surface area contributed by atoms with Gasteiger partial charge >= 0.3 is 0 Å². The molecule has 2 saturated carbocycles. The average molecular weight is 176 g/mol. The smallest absolute Gasteiger partial charge is 0.111 e. The van der Waals surface area contributed by atoms with Crippen LogP contribution < -0.4 is 0 Å². The van der Waals surface area contributed by atoms with E-state index in [0.29, 0.717) is 17.9 Å². The van der Waals surface area contributed by atoms with Crippen LogP contribution in [0.15, 0.2) is 24.5 Å². The fourth-order valence-electron chi connectivity index (χ4n) is 3.52. The molecule has 3 fully saturated rings. The maximum atomic E-state index is 5.87. The highest BCUT2D eigenvalue weighted by Crippen LogP contribution is 2.71. The first-order chi connectivity index (χ1) is 6.06. The Hall–Kier alpha value is -0.720. The van der Waals surface area contributed by atoms with Crippen LogP contribution in [0.3, 0.4) is 0 Å². The first-order valence-electron chi connectivity index (χ1n) is 5.11. The highest BCUT2D eigenvalue weighted by Gasteiger charge is 2.68. The van der Waals surface area contributed by atoms with Crippen molar-refractivity contribution in [3.63, 3.8) is 0 Å². The number of allylic oxidation sites excluding steroid dienone is 1. The lowest BCUT2D eigenvalue weighted by molar-refractivity contribution is 0.0599. The summed E-state index contributed by atoms with van der Waals surface area (Å²) in [5.41, 5.74) is 1.70. The number of hydrogen-bond donors (Lipinski definition) is 0. The van der Waals surface area contributed by atoms with Gasteiger partial charge in [0.15, 0.2) is 0 Å². The summed E-state index contributed by atoms with van der Waals surface area (Å²) in [6, 6.07) is 0. The summed E-state index contributed by atoms with van der Waals surface area (Å²) >= 11 is 0. The molecule has 1 saturated heterocycles. The first-order valence-corrected chi connectivity index (χ1v) is 5.11. The molecule has 4 unspecified atom stereocenters. The minimum absolute atomic E-state index is 0.287. The highest BCUT2D eigenvalue weighted by atomic mass is 16.5. The van der Waals surface area contributed by atoms with Gasteiger partial charge in [0, 0.05) is 17.3 Å². The van der Waals surface area contributed by atoms with E-state index < -0.39 is 0 Å². The molecule has 2 aliphatic carbocycles. The van der Waals surface area contributed by atoms with Gasteiger partial charge in [0.2, 0.25) is 0 Å². The zero-order chi connectivity index (χ0) is 9.38. The van der Waals surface area contributed by atoms with E-state index in [1.54, 1.807) is 0 Å². The molecule has 0 N–H and O–H groups in total. The Labute approximate surface area is 79.5 Å². The molecule has 0 spiro atoms. The van der Waals surface area contributed by atoms with Crippen molar-refractivity contribution in [3.05, 3.63) is 24.5 Å². The lowest BCUT2D eigenvalue weighted by Gasteiger charge is -2.28. The Kier molecular flexibility index (Phi) is 1.10. The van der Waals surface area contributed by atoms with Crippen LogP contribution in [0.1, 0.15) is 20.3 Å². The van der Waals surface area contributed by atoms with Gasteiger partial charge < -0.3 is 4.74 Å². The van der Waals surface area contributed by atoms with Gasteiger partial charge in [-0.3, -0.25) is 0 Å². The van der Waals surface area contributed by atoms with Gasteiger partial charge in [-0.05, 0) is 12.3 Å². The molecule has 0 aromatic heterocycles. The van der Waals surface area contributed by atoms with E-state index in [-0.39, 0.29) is 5.41 Å². The van der Waals surface area contributed by atoms with Gasteiger partial charge in [-0.15, -0.1) is 0 Å². The van der Waals surface area contributed by atoms with Gasteiger partial charge in [-0.25, -0.2) is 0 Å². The Morgan fingerprint density at radius 3 is 2.85 bits per heavy atom. The SMILES string of the molecule is C=C1O[C@@H]2C(C)C1CC1C(=C)C12C. The van der Waals surface area contributed by atoms with Crippen LogP contribution in [0, 0.1) is 23.2 Å². The van der Waals surface area contributed by atoms with Crippen molar-refractivity contribution in [2.75, 3.05) is 0 Å². The average Bonchev–Trinajstić information content (AvgIpc) is 2.52. The Balaban J connectivity index is 2.05. The number of fused-ring (bicyclic) bond motifs is 4. The van der Waals surface area contributed by atoms with E-state index in [9.17, 15) is 0 Å². The maximum absolute atomic E-state index is 5.87. The molecule has 13 heavy (non-hydrogen) atoms. The Morgan fingerprint density at radius 2 is 2.15 bits per heavy atom. The minimum Gasteiger partial charge on any atom is -0.494 e. The van der Waals surface area contributed by atoms with Gasteiger partial charge in [-0.2, -0.15) is 0 Å². The Morgan fingerprint density at radius 1 is 1.46 bits per heavy atom. The summed E-state index contributed by atoms with van der Waals surface area (Å²) < 4.78 is 5.87. The molecule has 2 bridgehead atoms. The molecule has 0 radical (unpaired) electrons. The lowest BCUT2D eigenvalue weighted by Crippen LogP contribution is -2.31. The fraction of sp³-hybridized carbons (Fsp3) is 0.667. The predicted molar refractivity (Wildman–Crippen MR) is 52.0 cm³/mol. The third kappa shape index (κ3) is 0.630. The van der Waals surface area contributed by atoms with Crippen molar-refractivity contribution >= 4 is 0 Å². The van der Waals surface area contributed by atoms with Crippen LogP contribution in [0.4, 0.5) is 0 Å². The van der Waals surface area contributed by atoms with E-state index in [1.165, 1.54) is 12.0 Å². The molecule has 1 heterocycles. The van der Waals surface area contributed by atoms with E-state index >= 15 is 0 Å². The van der Waals surface area contributed by atoms with Crippen molar-refractivity contribution in [2.45, 2.75) is 26.4 Å². The minimum atomic E-state index is 0.287. The standard InChI is InChI=1S/C12H16O/c1-6-9-5-10-7(2)12(10,4)11(6)13-8(9)3/h6,9-11H,2-3,5H2,1,4H3/t6?,9?,10?,11-,12?/m1/s1. The van der Waals surface area contributed by atoms with Crippen LogP contribution in [0.5, 0.6) is 0 Å². The number of hydrogen-bond acceptors (Lipinski definition) is 1. The van der Waals surface area contributed by atoms with Crippen molar-refractivity contribution in [3.8, 4) is 0 Å². The molecule has 3 rings (SSSR count). The number of ether oxygens (including phenoxy) is 1. The second-order valence-corrected chi connectivity index (χ2v) is 5.07. The van der Waals surface area contributed by atoms with E-state index in [4.69, 9.17) is 4.74 Å². The van der Waals surface area contributed by atoms with Gasteiger partial charge in [0.05, 0.1) is 5.76 Å². The molecule has 70 valence electrons. The summed E-state index contributed by atoms with van der Waals surface area (Å²) in [6.45, 7) is 12.8. The molecular formula is C12H16O. The van der Waals surface area contributed by atoms with Crippen LogP contribution in [0.25, 0.3) is 0 Å². The molecule has 0 aromatic carbocycles. The summed E-state index contributed by atoms with van der Waals surface area (Å²) in [5.74, 6) is 2.99. The Bertz CT molecular complexity index is 315. The molecule has 0 amide bonds. The molecule has 0 aromatic rings. The lowest BCUT2D eigenvalue weighted by atomic mass is 9.75. The summed E-state index contributed by atoms with van der Waals surface area (Å²) in [7, 11) is 0. The van der Waals surface area contributed by atoms with Crippen molar-refractivity contribution < 1.29 is 4.74 Å². The quantitative estimate of drug-likeness (QED) is 0.516. The van der Waals surface area contributed by atoms with Gasteiger partial charge in [0.1, 0.15) is 6.10 Å². The third-order valence-electron chi connectivity index (χ3n) is 4.64. The molecule has 1 aliphatic heterocycles. The largest absolute Gasteiger partial charge is 0.494 e. The summed E-state index contributed by atoms with van der Waals surface area (Å²) in [4.78, 5) is 0. The van der Waals surface area contributed by atoms with Crippen LogP contribution >= 0.6 is 0 Å². The van der Waals surface area contributed by atoms with Gasteiger partial charge in [0.25, 0.3) is 0 Å². The van der Waals surface area contributed by atoms with E-state index in [0.717, 1.165) is 11.7 Å². The van der Waals surface area contributed by atoms with Crippen LogP contribution in [-0.2, 0) is 4.74 Å². The van der Waals surface area contributed by atoms with Crippen LogP contribution in [-0.4, -0.2) is 6.10 Å². The maximum Gasteiger partial charge on any atom is 0.111 e. The van der Waals surface area contributed by atoms with Crippen molar-refractivity contribution in [1.29, 1.82) is 0 Å². The highest BCUT2D eigenvalue weighted by molar-refractivity contribution is 5.41. The van der Waals surface area contributed by atoms with E-state index in [1.807, 2.05) is 0 Å². The van der Waals surface area contributed by atoms with Crippen molar-refractivity contribution in [2.24, 2.45) is 23.2 Å². The van der Waals surface area contributed by atoms with Crippen LogP contribution in [0.2, 0.25) is 0 Å². The summed E-state index contributed by atoms with van der Waals surface area (Å²) in [6.07, 6.45) is 1.60. The molecular weight excluding hydrogens is 160 g/mol. The van der Waals surface area contributed by atoms with E-state index in [2.05, 4.69) is 27.0 Å². The second-order valence-electron chi connectivity index (χ2n) is 5.07. The first kappa shape index (κ1) is 7.66. The predicted octanol–water partition coefficient (Wildman–Crippen LogP) is 2.75. The zero-order valence-corrected chi connectivity index (χ0v) is 8.34.